The van der Waals surface area contributed by atoms with Crippen molar-refractivity contribution in [3.05, 3.63) is 28.8 Å². The summed E-state index contributed by atoms with van der Waals surface area (Å²) in [6, 6.07) is 3.77. The zero-order valence-electron chi connectivity index (χ0n) is 11.6. The Hall–Kier alpha value is -1.43. The van der Waals surface area contributed by atoms with Crippen LogP contribution in [0.2, 0.25) is 0 Å². The predicted octanol–water partition coefficient (Wildman–Crippen LogP) is 3.50. The van der Waals surface area contributed by atoms with Crippen LogP contribution < -0.4 is 5.32 Å². The molecule has 2 aromatic heterocycles. The van der Waals surface area contributed by atoms with Gasteiger partial charge in [0.25, 0.3) is 0 Å². The van der Waals surface area contributed by atoms with Gasteiger partial charge in [-0.25, -0.2) is 9.97 Å². The average Bonchev–Trinajstić information content (AvgIpc) is 2.75. The van der Waals surface area contributed by atoms with Crippen LogP contribution in [-0.4, -0.2) is 19.7 Å². The van der Waals surface area contributed by atoms with E-state index in [9.17, 15) is 0 Å². The molecular weight excluding hydrogens is 306 g/mol. The van der Waals surface area contributed by atoms with E-state index < -0.39 is 0 Å². The van der Waals surface area contributed by atoms with Crippen LogP contribution in [0.25, 0.3) is 0 Å². The van der Waals surface area contributed by atoms with E-state index >= 15 is 0 Å². The van der Waals surface area contributed by atoms with Crippen LogP contribution in [0.5, 0.6) is 0 Å². The van der Waals surface area contributed by atoms with Gasteiger partial charge >= 0.3 is 0 Å². The summed E-state index contributed by atoms with van der Waals surface area (Å²) in [7, 11) is 0. The largest absolute Gasteiger partial charge is 0.323 e. The summed E-state index contributed by atoms with van der Waals surface area (Å²) in [6.07, 6.45) is 1.93. The number of rotatable bonds is 3. The Morgan fingerprint density at radius 3 is 2.58 bits per heavy atom. The molecular formula is C13H18BrN5. The van der Waals surface area contributed by atoms with Crippen molar-refractivity contribution in [2.75, 3.05) is 5.32 Å². The van der Waals surface area contributed by atoms with Gasteiger partial charge in [0, 0.05) is 30.3 Å². The molecule has 2 aromatic rings. The van der Waals surface area contributed by atoms with Crippen molar-refractivity contribution in [1.29, 1.82) is 0 Å². The molecule has 1 N–H and O–H groups in total. The van der Waals surface area contributed by atoms with Crippen LogP contribution in [0.3, 0.4) is 0 Å². The lowest BCUT2D eigenvalue weighted by Gasteiger charge is -2.17. The molecule has 0 bridgehead atoms. The third kappa shape index (κ3) is 3.53. The maximum atomic E-state index is 4.53. The number of halogens is 1. The van der Waals surface area contributed by atoms with Gasteiger partial charge < -0.3 is 5.32 Å². The zero-order valence-corrected chi connectivity index (χ0v) is 13.2. The summed E-state index contributed by atoms with van der Waals surface area (Å²) in [5.74, 6) is 2.32. The van der Waals surface area contributed by atoms with E-state index in [0.717, 1.165) is 28.6 Å². The highest BCUT2D eigenvalue weighted by molar-refractivity contribution is 9.10. The molecule has 0 fully saturated rings. The maximum absolute atomic E-state index is 4.53. The first-order chi connectivity index (χ1) is 8.88. The lowest BCUT2D eigenvalue weighted by atomic mass is 9.96. The van der Waals surface area contributed by atoms with E-state index in [1.54, 1.807) is 0 Å². The quantitative estimate of drug-likeness (QED) is 0.878. The Morgan fingerprint density at radius 1 is 1.26 bits per heavy atom. The maximum Gasteiger partial charge on any atom is 0.153 e. The topological polar surface area (TPSA) is 55.6 Å². The molecule has 102 valence electrons. The second-order valence-electron chi connectivity index (χ2n) is 5.33. The van der Waals surface area contributed by atoms with Gasteiger partial charge in [0.15, 0.2) is 5.82 Å². The molecule has 19 heavy (non-hydrogen) atoms. The van der Waals surface area contributed by atoms with Crippen molar-refractivity contribution in [3.8, 4) is 0 Å². The molecule has 0 unspecified atom stereocenters. The highest BCUT2D eigenvalue weighted by Crippen LogP contribution is 2.23. The highest BCUT2D eigenvalue weighted by atomic mass is 79.9. The SMILES string of the molecule is CCn1ccc(Nc2cc(Br)nc(C(C)(C)C)n2)n1. The number of hydrogen-bond acceptors (Lipinski definition) is 4. The molecule has 0 aliphatic heterocycles. The van der Waals surface area contributed by atoms with Crippen molar-refractivity contribution < 1.29 is 0 Å². The fourth-order valence-corrected chi connectivity index (χ4v) is 1.94. The number of nitrogens with one attached hydrogen (secondary N) is 1. The van der Waals surface area contributed by atoms with Crippen molar-refractivity contribution in [3.63, 3.8) is 0 Å². The summed E-state index contributed by atoms with van der Waals surface area (Å²) in [4.78, 5) is 8.94. The van der Waals surface area contributed by atoms with Gasteiger partial charge in [-0.1, -0.05) is 20.8 Å². The van der Waals surface area contributed by atoms with Crippen molar-refractivity contribution >= 4 is 27.6 Å². The summed E-state index contributed by atoms with van der Waals surface area (Å²) in [5.41, 5.74) is -0.0943. The molecule has 0 saturated heterocycles. The van der Waals surface area contributed by atoms with Gasteiger partial charge in [0.05, 0.1) is 0 Å². The van der Waals surface area contributed by atoms with Gasteiger partial charge in [-0.15, -0.1) is 0 Å². The fraction of sp³-hybridized carbons (Fsp3) is 0.462. The standard InChI is InChI=1S/C13H18BrN5/c1-5-19-7-6-10(18-19)16-11-8-9(14)15-12(17-11)13(2,3)4/h6-8H,5H2,1-4H3,(H,15,16,17,18). The summed E-state index contributed by atoms with van der Waals surface area (Å²) >= 11 is 3.42. The Bertz CT molecular complexity index is 571. The van der Waals surface area contributed by atoms with Crippen LogP contribution in [0.1, 0.15) is 33.5 Å². The van der Waals surface area contributed by atoms with Gasteiger partial charge in [0.1, 0.15) is 16.2 Å². The second-order valence-corrected chi connectivity index (χ2v) is 6.14. The zero-order chi connectivity index (χ0) is 14.0. The minimum absolute atomic E-state index is 0.0943. The molecule has 2 rings (SSSR count). The first-order valence-corrected chi connectivity index (χ1v) is 7.03. The van der Waals surface area contributed by atoms with Gasteiger partial charge in [-0.3, -0.25) is 4.68 Å². The minimum Gasteiger partial charge on any atom is -0.323 e. The molecule has 0 aliphatic carbocycles. The summed E-state index contributed by atoms with van der Waals surface area (Å²) in [5, 5.41) is 7.57. The highest BCUT2D eigenvalue weighted by Gasteiger charge is 2.18. The molecule has 2 heterocycles. The third-order valence-corrected chi connectivity index (χ3v) is 2.99. The first kappa shape index (κ1) is 14.0. The molecule has 0 saturated carbocycles. The molecule has 0 atom stereocenters. The molecule has 0 aromatic carbocycles. The van der Waals surface area contributed by atoms with Crippen molar-refractivity contribution in [2.24, 2.45) is 0 Å². The smallest absolute Gasteiger partial charge is 0.153 e. The molecule has 0 spiro atoms. The Labute approximate surface area is 121 Å². The number of nitrogens with zero attached hydrogens (tertiary/aromatic N) is 4. The van der Waals surface area contributed by atoms with E-state index in [0.29, 0.717) is 0 Å². The van der Waals surface area contributed by atoms with E-state index in [1.807, 2.05) is 23.0 Å². The van der Waals surface area contributed by atoms with Crippen LogP contribution in [0, 0.1) is 0 Å². The Kier molecular flexibility index (Phi) is 3.89. The number of hydrogen-bond donors (Lipinski definition) is 1. The summed E-state index contributed by atoms with van der Waals surface area (Å²) < 4.78 is 2.63. The van der Waals surface area contributed by atoms with Crippen LogP contribution in [0.15, 0.2) is 22.9 Å². The van der Waals surface area contributed by atoms with Crippen LogP contribution >= 0.6 is 15.9 Å². The average molecular weight is 324 g/mol. The van der Waals surface area contributed by atoms with Gasteiger partial charge in [-0.05, 0) is 22.9 Å². The predicted molar refractivity (Wildman–Crippen MR) is 79.6 cm³/mol. The van der Waals surface area contributed by atoms with Gasteiger partial charge in [-0.2, -0.15) is 5.10 Å². The van der Waals surface area contributed by atoms with E-state index in [1.165, 1.54) is 0 Å². The molecule has 0 radical (unpaired) electrons. The van der Waals surface area contributed by atoms with Gasteiger partial charge in [0.2, 0.25) is 0 Å². The summed E-state index contributed by atoms with van der Waals surface area (Å²) in [6.45, 7) is 9.16. The molecule has 0 aliphatic rings. The number of aromatic nitrogens is 4. The fourth-order valence-electron chi connectivity index (χ4n) is 1.55. The Balaban J connectivity index is 2.27. The monoisotopic (exact) mass is 323 g/mol. The first-order valence-electron chi connectivity index (χ1n) is 6.24. The third-order valence-electron chi connectivity index (χ3n) is 2.59. The van der Waals surface area contributed by atoms with Crippen molar-refractivity contribution in [1.82, 2.24) is 19.7 Å². The lowest BCUT2D eigenvalue weighted by molar-refractivity contribution is 0.544. The number of aryl methyl sites for hydroxylation is 1. The minimum atomic E-state index is -0.0943. The lowest BCUT2D eigenvalue weighted by Crippen LogP contribution is -2.17. The number of anilines is 2. The van der Waals surface area contributed by atoms with E-state index in [2.05, 4.69) is 64.0 Å². The Morgan fingerprint density at radius 2 is 2.00 bits per heavy atom. The van der Waals surface area contributed by atoms with E-state index in [4.69, 9.17) is 0 Å². The van der Waals surface area contributed by atoms with Crippen LogP contribution in [0.4, 0.5) is 11.6 Å². The molecule has 6 heteroatoms. The normalized spacial score (nSPS) is 11.6. The van der Waals surface area contributed by atoms with E-state index in [-0.39, 0.29) is 5.41 Å². The second kappa shape index (κ2) is 5.28. The molecule has 5 nitrogen and oxygen atoms in total. The van der Waals surface area contributed by atoms with Crippen molar-refractivity contribution in [2.45, 2.75) is 39.7 Å². The van der Waals surface area contributed by atoms with Crippen LogP contribution in [-0.2, 0) is 12.0 Å². The molecule has 0 amide bonds.